The first-order chi connectivity index (χ1) is 18.4. The third-order valence-corrected chi connectivity index (χ3v) is 10.0. The van der Waals surface area contributed by atoms with Crippen LogP contribution in [-0.2, 0) is 16.6 Å². The molecule has 4 heteroatoms. The van der Waals surface area contributed by atoms with Gasteiger partial charge in [-0.2, -0.15) is 0 Å². The lowest BCUT2D eigenvalue weighted by Crippen LogP contribution is -2.49. The molecule has 1 unspecified atom stereocenters. The van der Waals surface area contributed by atoms with E-state index in [-0.39, 0.29) is 23.6 Å². The van der Waals surface area contributed by atoms with E-state index in [0.29, 0.717) is 24.8 Å². The molecule has 3 aromatic rings. The van der Waals surface area contributed by atoms with Gasteiger partial charge in [0.15, 0.2) is 5.78 Å². The maximum atomic E-state index is 12.3. The zero-order valence-corrected chi connectivity index (χ0v) is 21.8. The summed E-state index contributed by atoms with van der Waals surface area (Å²) in [6, 6.07) is 19.2. The highest BCUT2D eigenvalue weighted by atomic mass is 16.3. The topological polar surface area (TPSA) is 77.8 Å². The Labute approximate surface area is 224 Å². The number of benzene rings is 3. The predicted molar refractivity (Wildman–Crippen MR) is 150 cm³/mol. The smallest absolute Gasteiger partial charge is 0.167 e. The van der Waals surface area contributed by atoms with Crippen molar-refractivity contribution in [2.75, 3.05) is 6.61 Å². The van der Waals surface area contributed by atoms with Crippen molar-refractivity contribution in [2.24, 2.45) is 17.8 Å². The van der Waals surface area contributed by atoms with Crippen molar-refractivity contribution in [1.29, 1.82) is 0 Å². The summed E-state index contributed by atoms with van der Waals surface area (Å²) in [5.41, 5.74) is 6.40. The Kier molecular flexibility index (Phi) is 5.75. The summed E-state index contributed by atoms with van der Waals surface area (Å²) in [6.45, 7) is -0.213. The van der Waals surface area contributed by atoms with Gasteiger partial charge in [-0.15, -0.1) is 0 Å². The quantitative estimate of drug-likeness (QED) is 0.355. The zero-order chi connectivity index (χ0) is 26.0. The molecule has 0 amide bonds. The van der Waals surface area contributed by atoms with Gasteiger partial charge in [0.25, 0.3) is 0 Å². The minimum atomic E-state index is -0.732. The van der Waals surface area contributed by atoms with E-state index in [2.05, 4.69) is 36.4 Å². The molecule has 0 aliphatic heterocycles. The molecule has 4 nitrogen and oxygen atoms in total. The van der Waals surface area contributed by atoms with E-state index >= 15 is 0 Å². The van der Waals surface area contributed by atoms with Crippen LogP contribution in [-0.4, -0.2) is 33.8 Å². The molecule has 0 spiro atoms. The van der Waals surface area contributed by atoms with Crippen molar-refractivity contribution in [1.82, 2.24) is 0 Å². The maximum Gasteiger partial charge on any atom is 0.167 e. The largest absolute Gasteiger partial charge is 0.512 e. The summed E-state index contributed by atoms with van der Waals surface area (Å²) >= 11 is 0. The van der Waals surface area contributed by atoms with Gasteiger partial charge in [-0.1, -0.05) is 42.5 Å². The fraction of sp³-hybridized carbons (Fsp3) is 0.441. The van der Waals surface area contributed by atoms with E-state index in [9.17, 15) is 20.1 Å². The van der Waals surface area contributed by atoms with Crippen LogP contribution in [0.4, 0.5) is 0 Å². The molecular formula is C34H36O4. The molecular weight excluding hydrogens is 472 g/mol. The summed E-state index contributed by atoms with van der Waals surface area (Å²) in [5.74, 6) is 2.71. The van der Waals surface area contributed by atoms with Crippen molar-refractivity contribution in [2.45, 2.75) is 69.3 Å². The van der Waals surface area contributed by atoms with Gasteiger partial charge in [0.2, 0.25) is 0 Å². The first-order valence-electron chi connectivity index (χ1n) is 14.3. The third-order valence-electron chi connectivity index (χ3n) is 10.0. The Balaban J connectivity index is 1.28. The summed E-state index contributed by atoms with van der Waals surface area (Å²) in [5, 5.41) is 32.3. The van der Waals surface area contributed by atoms with Crippen LogP contribution in [0.2, 0.25) is 0 Å². The zero-order valence-electron chi connectivity index (χ0n) is 21.8. The number of hydrogen-bond acceptors (Lipinski definition) is 4. The molecule has 3 aromatic carbocycles. The second kappa shape index (κ2) is 9.07. The molecule has 8 rings (SSSR count). The van der Waals surface area contributed by atoms with E-state index < -0.39 is 6.10 Å². The van der Waals surface area contributed by atoms with Crippen LogP contribution in [0.25, 0.3) is 27.5 Å². The van der Waals surface area contributed by atoms with Gasteiger partial charge < -0.3 is 15.3 Å². The maximum absolute atomic E-state index is 12.3. The van der Waals surface area contributed by atoms with Crippen LogP contribution in [0, 0.1) is 17.8 Å². The molecule has 0 heterocycles. The number of hydrogen-bond donors (Lipinski definition) is 3. The lowest BCUT2D eigenvalue weighted by atomic mass is 9.47. The highest BCUT2D eigenvalue weighted by molar-refractivity contribution is 6.23. The Hall–Kier alpha value is -2.95. The Morgan fingerprint density at radius 2 is 1.37 bits per heavy atom. The number of aliphatic hydroxyl groups is 3. The monoisotopic (exact) mass is 508 g/mol. The number of carbonyl (C=O) groups excluding carboxylic acids is 1. The molecule has 3 N–H and O–H groups in total. The summed E-state index contributed by atoms with van der Waals surface area (Å²) in [4.78, 5) is 12.3. The van der Waals surface area contributed by atoms with Crippen molar-refractivity contribution in [3.63, 3.8) is 0 Å². The fourth-order valence-electron chi connectivity index (χ4n) is 8.74. The molecule has 4 saturated carbocycles. The van der Waals surface area contributed by atoms with Gasteiger partial charge in [0, 0.05) is 19.3 Å². The van der Waals surface area contributed by atoms with E-state index in [1.807, 2.05) is 18.2 Å². The lowest BCUT2D eigenvalue weighted by Gasteiger charge is -2.57. The number of aliphatic hydroxyl groups excluding tert-OH is 3. The first kappa shape index (κ1) is 24.1. The van der Waals surface area contributed by atoms with Crippen LogP contribution < -0.4 is 0 Å². The van der Waals surface area contributed by atoms with E-state index in [0.717, 1.165) is 39.7 Å². The Bertz CT molecular complexity index is 1430. The molecule has 0 saturated heterocycles. The van der Waals surface area contributed by atoms with Crippen LogP contribution >= 0.6 is 0 Å². The van der Waals surface area contributed by atoms with Gasteiger partial charge in [-0.05, 0) is 112 Å². The molecule has 0 aromatic heterocycles. The Morgan fingerprint density at radius 1 is 0.789 bits per heavy atom. The predicted octanol–water partition coefficient (Wildman–Crippen LogP) is 6.50. The van der Waals surface area contributed by atoms with Crippen molar-refractivity contribution in [3.8, 4) is 11.1 Å². The van der Waals surface area contributed by atoms with Gasteiger partial charge in [0.1, 0.15) is 5.76 Å². The van der Waals surface area contributed by atoms with Crippen molar-refractivity contribution < 1.29 is 20.1 Å². The summed E-state index contributed by atoms with van der Waals surface area (Å²) in [7, 11) is 0. The van der Waals surface area contributed by atoms with E-state index in [1.54, 1.807) is 0 Å². The minimum Gasteiger partial charge on any atom is -0.512 e. The molecule has 5 aliphatic carbocycles. The second-order valence-corrected chi connectivity index (χ2v) is 12.6. The number of rotatable bonds is 6. The van der Waals surface area contributed by atoms with E-state index in [1.165, 1.54) is 55.2 Å². The summed E-state index contributed by atoms with van der Waals surface area (Å²) < 4.78 is 0. The van der Waals surface area contributed by atoms with Gasteiger partial charge >= 0.3 is 0 Å². The number of fused-ring (bicyclic) bond motifs is 1. The number of carbonyl (C=O) groups is 1. The van der Waals surface area contributed by atoms with Gasteiger partial charge in [-0.25, -0.2) is 0 Å². The van der Waals surface area contributed by atoms with Crippen LogP contribution in [0.1, 0.15) is 68.1 Å². The molecule has 4 bridgehead atoms. The summed E-state index contributed by atoms with van der Waals surface area (Å²) in [6.07, 6.45) is 8.52. The molecule has 0 radical (unpaired) electrons. The average Bonchev–Trinajstić information content (AvgIpc) is 3.25. The van der Waals surface area contributed by atoms with Gasteiger partial charge in [-0.3, -0.25) is 4.79 Å². The molecule has 4 fully saturated rings. The molecule has 1 atom stereocenters. The Morgan fingerprint density at radius 3 is 1.97 bits per heavy atom. The normalized spacial score (nSPS) is 29.0. The van der Waals surface area contributed by atoms with Crippen molar-refractivity contribution in [3.05, 3.63) is 77.0 Å². The fourth-order valence-corrected chi connectivity index (χ4v) is 8.74. The highest BCUT2D eigenvalue weighted by Gasteiger charge is 2.52. The van der Waals surface area contributed by atoms with Crippen LogP contribution in [0.3, 0.4) is 0 Å². The standard InChI is InChI=1S/C34H36O4/c35-19-29(36)14-27-5-3-26(15-30(27)34-16-20-9-21(17-34)11-22(10-20)18-34)24-1-2-25-13-28(6-4-23(25)12-24)33-31(37)7-8-32(33)38/h1-6,12-13,15,20-22,29,35-37H,7-11,14,16-19H2. The molecule has 196 valence electrons. The number of Topliss-reactive ketones (excluding diaryl/α,β-unsaturated/α-hetero) is 1. The van der Waals surface area contributed by atoms with E-state index in [4.69, 9.17) is 0 Å². The molecule has 38 heavy (non-hydrogen) atoms. The highest BCUT2D eigenvalue weighted by Crippen LogP contribution is 2.61. The first-order valence-corrected chi connectivity index (χ1v) is 14.3. The molecule has 5 aliphatic rings. The minimum absolute atomic E-state index is 0.0158. The van der Waals surface area contributed by atoms with Gasteiger partial charge in [0.05, 0.1) is 18.3 Å². The number of ketones is 1. The average molecular weight is 509 g/mol. The number of allylic oxidation sites excluding steroid dienone is 2. The van der Waals surface area contributed by atoms with Crippen molar-refractivity contribution >= 4 is 22.1 Å². The lowest BCUT2D eigenvalue weighted by molar-refractivity contribution is -0.113. The van der Waals surface area contributed by atoms with Crippen LogP contribution in [0.5, 0.6) is 0 Å². The van der Waals surface area contributed by atoms with Crippen LogP contribution in [0.15, 0.2) is 60.4 Å². The SMILES string of the molecule is O=C1CCC(O)=C1c1ccc2cc(-c3ccc(CC(O)CO)c(C45CC6CC(CC(C6)C4)C5)c3)ccc2c1. The second-order valence-electron chi connectivity index (χ2n) is 12.6. The third kappa shape index (κ3) is 4.01.